The SMILES string of the molecule is CCCCNC(=O)[C@H](Cc1ccccc1)N(Cc1ccc(Cl)cc1Cl)C(=O)COc1ccc(F)cc1. The number of benzene rings is 3. The molecule has 1 atom stereocenters. The predicted molar refractivity (Wildman–Crippen MR) is 141 cm³/mol. The van der Waals surface area contributed by atoms with Gasteiger partial charge in [0.2, 0.25) is 5.91 Å². The van der Waals surface area contributed by atoms with Crippen LogP contribution in [0.5, 0.6) is 5.75 Å². The number of nitrogens with one attached hydrogen (secondary N) is 1. The van der Waals surface area contributed by atoms with Crippen LogP contribution in [0.4, 0.5) is 4.39 Å². The highest BCUT2D eigenvalue weighted by Crippen LogP contribution is 2.24. The van der Waals surface area contributed by atoms with E-state index < -0.39 is 17.8 Å². The minimum Gasteiger partial charge on any atom is -0.484 e. The lowest BCUT2D eigenvalue weighted by molar-refractivity contribution is -0.142. The smallest absolute Gasteiger partial charge is 0.261 e. The Bertz CT molecular complexity index is 1140. The van der Waals surface area contributed by atoms with E-state index in [2.05, 4.69) is 5.32 Å². The average molecular weight is 531 g/mol. The number of unbranched alkanes of at least 4 members (excludes halogenated alkanes) is 1. The molecule has 36 heavy (non-hydrogen) atoms. The van der Waals surface area contributed by atoms with Crippen molar-refractivity contribution < 1.29 is 18.7 Å². The first-order valence-corrected chi connectivity index (χ1v) is 12.6. The Labute approximate surface area is 221 Å². The molecule has 5 nitrogen and oxygen atoms in total. The van der Waals surface area contributed by atoms with Gasteiger partial charge in [0, 0.05) is 29.6 Å². The monoisotopic (exact) mass is 530 g/mol. The summed E-state index contributed by atoms with van der Waals surface area (Å²) in [6.45, 7) is 2.31. The highest BCUT2D eigenvalue weighted by molar-refractivity contribution is 6.35. The van der Waals surface area contributed by atoms with Crippen molar-refractivity contribution in [3.8, 4) is 5.75 Å². The van der Waals surface area contributed by atoms with Crippen molar-refractivity contribution in [1.29, 1.82) is 0 Å². The van der Waals surface area contributed by atoms with Gasteiger partial charge in [-0.15, -0.1) is 0 Å². The van der Waals surface area contributed by atoms with Gasteiger partial charge in [0.1, 0.15) is 17.6 Å². The summed E-state index contributed by atoms with van der Waals surface area (Å²) in [6.07, 6.45) is 2.07. The van der Waals surface area contributed by atoms with Crippen molar-refractivity contribution in [1.82, 2.24) is 10.2 Å². The van der Waals surface area contributed by atoms with Gasteiger partial charge in [-0.1, -0.05) is 72.9 Å². The molecule has 0 radical (unpaired) electrons. The van der Waals surface area contributed by atoms with Crippen LogP contribution in [-0.2, 0) is 22.6 Å². The molecule has 0 aliphatic carbocycles. The summed E-state index contributed by atoms with van der Waals surface area (Å²) in [5.74, 6) is -0.718. The molecule has 0 aliphatic heterocycles. The molecule has 0 saturated heterocycles. The van der Waals surface area contributed by atoms with Crippen LogP contribution in [0.15, 0.2) is 72.8 Å². The van der Waals surface area contributed by atoms with Gasteiger partial charge in [0.15, 0.2) is 6.61 Å². The van der Waals surface area contributed by atoms with E-state index in [0.29, 0.717) is 34.3 Å². The van der Waals surface area contributed by atoms with Gasteiger partial charge in [-0.2, -0.15) is 0 Å². The Morgan fingerprint density at radius 2 is 1.75 bits per heavy atom. The van der Waals surface area contributed by atoms with Gasteiger partial charge >= 0.3 is 0 Å². The van der Waals surface area contributed by atoms with Crippen LogP contribution in [0.3, 0.4) is 0 Å². The minimum atomic E-state index is -0.805. The van der Waals surface area contributed by atoms with E-state index in [9.17, 15) is 14.0 Å². The van der Waals surface area contributed by atoms with Crippen LogP contribution >= 0.6 is 23.2 Å². The Hall–Kier alpha value is -3.09. The van der Waals surface area contributed by atoms with E-state index >= 15 is 0 Å². The summed E-state index contributed by atoms with van der Waals surface area (Å²) < 4.78 is 18.9. The second-order valence-corrected chi connectivity index (χ2v) is 9.19. The van der Waals surface area contributed by atoms with Crippen molar-refractivity contribution in [2.45, 2.75) is 38.8 Å². The number of hydrogen-bond acceptors (Lipinski definition) is 3. The van der Waals surface area contributed by atoms with E-state index in [0.717, 1.165) is 18.4 Å². The largest absolute Gasteiger partial charge is 0.484 e. The molecule has 8 heteroatoms. The molecule has 0 aromatic heterocycles. The average Bonchev–Trinajstić information content (AvgIpc) is 2.87. The lowest BCUT2D eigenvalue weighted by Gasteiger charge is -2.31. The number of halogens is 3. The molecule has 0 saturated carbocycles. The quantitative estimate of drug-likeness (QED) is 0.289. The van der Waals surface area contributed by atoms with Gasteiger partial charge in [-0.25, -0.2) is 4.39 Å². The highest BCUT2D eigenvalue weighted by atomic mass is 35.5. The molecule has 0 bridgehead atoms. The van der Waals surface area contributed by atoms with Crippen LogP contribution in [0.2, 0.25) is 10.0 Å². The molecule has 0 heterocycles. The fraction of sp³-hybridized carbons (Fsp3) is 0.286. The lowest BCUT2D eigenvalue weighted by Crippen LogP contribution is -2.51. The normalized spacial score (nSPS) is 11.6. The fourth-order valence-electron chi connectivity index (χ4n) is 3.65. The summed E-state index contributed by atoms with van der Waals surface area (Å²) in [4.78, 5) is 28.4. The molecule has 0 spiro atoms. The van der Waals surface area contributed by atoms with Gasteiger partial charge in [-0.3, -0.25) is 9.59 Å². The Balaban J connectivity index is 1.90. The predicted octanol–water partition coefficient (Wildman–Crippen LogP) is 6.07. The third-order valence-electron chi connectivity index (χ3n) is 5.63. The van der Waals surface area contributed by atoms with Gasteiger partial charge in [0.25, 0.3) is 5.91 Å². The van der Waals surface area contributed by atoms with E-state index in [1.807, 2.05) is 37.3 Å². The number of amides is 2. The molecule has 3 rings (SSSR count). The van der Waals surface area contributed by atoms with E-state index in [1.165, 1.54) is 29.2 Å². The Kier molecular flexibility index (Phi) is 10.6. The topological polar surface area (TPSA) is 58.6 Å². The molecule has 0 aliphatic rings. The number of carbonyl (C=O) groups excluding carboxylic acids is 2. The van der Waals surface area contributed by atoms with Crippen LogP contribution in [0, 0.1) is 5.82 Å². The van der Waals surface area contributed by atoms with Crippen molar-refractivity contribution >= 4 is 35.0 Å². The zero-order valence-electron chi connectivity index (χ0n) is 20.1. The third kappa shape index (κ3) is 8.25. The molecule has 2 amide bonds. The highest BCUT2D eigenvalue weighted by Gasteiger charge is 2.31. The van der Waals surface area contributed by atoms with Crippen LogP contribution < -0.4 is 10.1 Å². The summed E-state index contributed by atoms with van der Waals surface area (Å²) in [7, 11) is 0. The second-order valence-electron chi connectivity index (χ2n) is 8.35. The third-order valence-corrected chi connectivity index (χ3v) is 6.22. The zero-order valence-corrected chi connectivity index (χ0v) is 21.6. The Morgan fingerprint density at radius 1 is 1.03 bits per heavy atom. The van der Waals surface area contributed by atoms with Crippen LogP contribution in [0.25, 0.3) is 0 Å². The molecule has 0 unspecified atom stereocenters. The first kappa shape index (κ1) is 27.5. The second kappa shape index (κ2) is 13.9. The number of hydrogen-bond donors (Lipinski definition) is 1. The van der Waals surface area contributed by atoms with Gasteiger partial charge < -0.3 is 15.0 Å². The fourth-order valence-corrected chi connectivity index (χ4v) is 4.12. The molecule has 3 aromatic carbocycles. The van der Waals surface area contributed by atoms with E-state index in [1.54, 1.807) is 18.2 Å². The van der Waals surface area contributed by atoms with E-state index in [-0.39, 0.29) is 19.1 Å². The minimum absolute atomic E-state index is 0.0836. The summed E-state index contributed by atoms with van der Waals surface area (Å²) in [5.41, 5.74) is 1.56. The van der Waals surface area contributed by atoms with Crippen LogP contribution in [-0.4, -0.2) is 35.9 Å². The maximum Gasteiger partial charge on any atom is 0.261 e. The lowest BCUT2D eigenvalue weighted by atomic mass is 10.0. The molecule has 3 aromatic rings. The zero-order chi connectivity index (χ0) is 25.9. The first-order valence-electron chi connectivity index (χ1n) is 11.8. The molecule has 1 N–H and O–H groups in total. The van der Waals surface area contributed by atoms with Crippen molar-refractivity contribution in [3.05, 3.63) is 99.8 Å². The summed E-state index contributed by atoms with van der Waals surface area (Å²) >= 11 is 12.5. The summed E-state index contributed by atoms with van der Waals surface area (Å²) in [5, 5.41) is 3.82. The van der Waals surface area contributed by atoms with Crippen LogP contribution in [0.1, 0.15) is 30.9 Å². The van der Waals surface area contributed by atoms with Crippen molar-refractivity contribution in [3.63, 3.8) is 0 Å². The number of ether oxygens (including phenoxy) is 1. The number of nitrogens with zero attached hydrogens (tertiary/aromatic N) is 1. The Morgan fingerprint density at radius 3 is 2.42 bits per heavy atom. The van der Waals surface area contributed by atoms with E-state index in [4.69, 9.17) is 27.9 Å². The van der Waals surface area contributed by atoms with Crippen molar-refractivity contribution in [2.75, 3.05) is 13.2 Å². The molecule has 190 valence electrons. The van der Waals surface area contributed by atoms with Gasteiger partial charge in [-0.05, 0) is 53.9 Å². The number of rotatable bonds is 12. The maximum atomic E-state index is 13.5. The summed E-state index contributed by atoms with van der Waals surface area (Å²) in [6, 6.07) is 19.1. The molecule has 0 fully saturated rings. The molecular formula is C28H29Cl2FN2O3. The first-order chi connectivity index (χ1) is 17.4. The molecular weight excluding hydrogens is 502 g/mol. The van der Waals surface area contributed by atoms with Crippen molar-refractivity contribution in [2.24, 2.45) is 0 Å². The maximum absolute atomic E-state index is 13.5. The number of carbonyl (C=O) groups is 2. The van der Waals surface area contributed by atoms with Gasteiger partial charge in [0.05, 0.1) is 0 Å². The standard InChI is InChI=1S/C28H29Cl2FN2O3/c1-2-3-15-32-28(35)26(16-20-7-5-4-6-8-20)33(18-21-9-10-22(29)17-25(21)30)27(34)19-36-24-13-11-23(31)12-14-24/h4-14,17,26H,2-3,15-16,18-19H2,1H3,(H,32,35)/t26-/m0/s1.